The zero-order chi connectivity index (χ0) is 29.7. The molecule has 0 fully saturated rings. The third-order valence-electron chi connectivity index (χ3n) is 7.64. The molecule has 0 amide bonds. The lowest BCUT2D eigenvalue weighted by Crippen LogP contribution is -2.46. The normalized spacial score (nSPS) is 15.1. The highest BCUT2D eigenvalue weighted by Gasteiger charge is 2.41. The molecule has 5 aromatic rings. The van der Waals surface area contributed by atoms with Crippen molar-refractivity contribution in [1.29, 1.82) is 0 Å². The molecule has 0 saturated carbocycles. The van der Waals surface area contributed by atoms with E-state index in [1.54, 1.807) is 23.0 Å². The van der Waals surface area contributed by atoms with E-state index >= 15 is 0 Å². The lowest BCUT2D eigenvalue weighted by Gasteiger charge is -2.40. The van der Waals surface area contributed by atoms with Gasteiger partial charge in [-0.05, 0) is 86.0 Å². The van der Waals surface area contributed by atoms with Crippen LogP contribution in [0.4, 0.5) is 22.9 Å². The molecule has 0 unspecified atom stereocenters. The van der Waals surface area contributed by atoms with Crippen LogP contribution in [0, 0.1) is 20.8 Å². The van der Waals surface area contributed by atoms with Gasteiger partial charge in [0.1, 0.15) is 0 Å². The van der Waals surface area contributed by atoms with Gasteiger partial charge in [0.2, 0.25) is 0 Å². The van der Waals surface area contributed by atoms with Crippen molar-refractivity contribution in [2.75, 3.05) is 17.3 Å². The molecule has 9 heteroatoms. The molecule has 0 spiro atoms. The van der Waals surface area contributed by atoms with Crippen molar-refractivity contribution < 1.29 is 9.53 Å². The summed E-state index contributed by atoms with van der Waals surface area (Å²) in [4.78, 5) is 29.4. The van der Waals surface area contributed by atoms with Crippen molar-refractivity contribution in [2.24, 2.45) is 9.98 Å². The Morgan fingerprint density at radius 1 is 0.884 bits per heavy atom. The van der Waals surface area contributed by atoms with Crippen molar-refractivity contribution in [2.45, 2.75) is 26.8 Å². The molecule has 0 aliphatic carbocycles. The molecule has 43 heavy (non-hydrogen) atoms. The number of amidine groups is 2. The Labute approximate surface area is 249 Å². The Bertz CT molecular complexity index is 1920. The van der Waals surface area contributed by atoms with E-state index in [0.717, 1.165) is 45.0 Å². The summed E-state index contributed by atoms with van der Waals surface area (Å²) in [5, 5.41) is 8.50. The zero-order valence-electron chi connectivity index (χ0n) is 24.2. The fourth-order valence-electron chi connectivity index (χ4n) is 5.85. The average Bonchev–Trinajstić information content (AvgIpc) is 3.35. The first-order chi connectivity index (χ1) is 20.9. The van der Waals surface area contributed by atoms with Crippen LogP contribution in [0.15, 0.2) is 101 Å². The number of pyridine rings is 1. The quantitative estimate of drug-likeness (QED) is 0.241. The highest BCUT2D eigenvalue weighted by Crippen LogP contribution is 2.48. The number of aliphatic imine (C=N–C) groups is 2. The van der Waals surface area contributed by atoms with Crippen LogP contribution in [-0.4, -0.2) is 39.5 Å². The van der Waals surface area contributed by atoms with Gasteiger partial charge in [0.05, 0.1) is 35.8 Å². The van der Waals surface area contributed by atoms with E-state index in [2.05, 4.69) is 53.3 Å². The predicted octanol–water partition coefficient (Wildman–Crippen LogP) is 6.77. The molecule has 1 atom stereocenters. The average molecular weight is 568 g/mol. The van der Waals surface area contributed by atoms with Crippen LogP contribution < -0.4 is 10.2 Å². The van der Waals surface area contributed by atoms with E-state index in [1.807, 2.05) is 55.5 Å². The number of hydrogen-bond donors (Lipinski definition) is 1. The van der Waals surface area contributed by atoms with E-state index in [4.69, 9.17) is 19.8 Å². The highest BCUT2D eigenvalue weighted by molar-refractivity contribution is 6.51. The van der Waals surface area contributed by atoms with Crippen LogP contribution in [0.2, 0.25) is 0 Å². The number of nitrogens with one attached hydrogen (secondary N) is 1. The Hall–Kier alpha value is -5.57. The number of para-hydroxylation sites is 2. The molecule has 4 heterocycles. The van der Waals surface area contributed by atoms with Crippen molar-refractivity contribution in [3.05, 3.63) is 125 Å². The van der Waals surface area contributed by atoms with Gasteiger partial charge in [-0.2, -0.15) is 9.78 Å². The number of benzene rings is 3. The first kappa shape index (κ1) is 26.3. The standard InChI is InChI=1S/C34H29N7O2/c1-20-17-21(2)19-25(18-20)36-31-33-38-32-29(22(3)39-41(32)28-11-7-8-16-35-28)30(23-12-14-24(15-13-23)34(42)43-4)40(33)27-10-6-5-9-26(27)37-31/h5-19,30H,1-4H3,(H,36,37)/t30-/m0/s1. The molecule has 212 valence electrons. The van der Waals surface area contributed by atoms with Crippen LogP contribution in [0.1, 0.15) is 44.3 Å². The number of ether oxygens (including phenoxy) is 1. The summed E-state index contributed by atoms with van der Waals surface area (Å²) in [6.07, 6.45) is 1.75. The van der Waals surface area contributed by atoms with Gasteiger partial charge in [-0.25, -0.2) is 19.8 Å². The molecule has 7 rings (SSSR count). The van der Waals surface area contributed by atoms with E-state index in [0.29, 0.717) is 28.9 Å². The number of aromatic nitrogens is 3. The Morgan fingerprint density at radius 3 is 2.35 bits per heavy atom. The van der Waals surface area contributed by atoms with Crippen molar-refractivity contribution in [3.63, 3.8) is 0 Å². The Kier molecular flexibility index (Phi) is 6.35. The lowest BCUT2D eigenvalue weighted by atomic mass is 9.92. The second kappa shape index (κ2) is 10.4. The molecular formula is C34H29N7O2. The largest absolute Gasteiger partial charge is 0.465 e. The molecule has 0 saturated heterocycles. The lowest BCUT2D eigenvalue weighted by molar-refractivity contribution is 0.0600. The molecule has 1 N–H and O–H groups in total. The second-order valence-corrected chi connectivity index (χ2v) is 10.7. The maximum atomic E-state index is 12.3. The molecule has 0 radical (unpaired) electrons. The van der Waals surface area contributed by atoms with E-state index in [9.17, 15) is 4.79 Å². The minimum Gasteiger partial charge on any atom is -0.465 e. The second-order valence-electron chi connectivity index (χ2n) is 10.7. The summed E-state index contributed by atoms with van der Waals surface area (Å²) in [5.74, 6) is 2.24. The predicted molar refractivity (Wildman–Crippen MR) is 168 cm³/mol. The Balaban J connectivity index is 1.47. The number of fused-ring (bicyclic) bond motifs is 4. The maximum absolute atomic E-state index is 12.3. The van der Waals surface area contributed by atoms with Crippen LogP contribution in [0.25, 0.3) is 5.82 Å². The van der Waals surface area contributed by atoms with E-state index in [-0.39, 0.29) is 12.0 Å². The van der Waals surface area contributed by atoms with E-state index in [1.165, 1.54) is 7.11 Å². The van der Waals surface area contributed by atoms with Crippen LogP contribution in [0.5, 0.6) is 0 Å². The van der Waals surface area contributed by atoms with E-state index < -0.39 is 0 Å². The van der Waals surface area contributed by atoms with Gasteiger partial charge in [-0.1, -0.05) is 36.4 Å². The molecule has 0 bridgehead atoms. The molecule has 2 aromatic heterocycles. The highest BCUT2D eigenvalue weighted by atomic mass is 16.5. The topological polar surface area (TPSA) is 97.0 Å². The molecular weight excluding hydrogens is 538 g/mol. The number of carbonyl (C=O) groups excluding carboxylic acids is 1. The Morgan fingerprint density at radius 2 is 1.63 bits per heavy atom. The van der Waals surface area contributed by atoms with Crippen molar-refractivity contribution in [3.8, 4) is 5.82 Å². The number of methoxy groups -OCH3 is 1. The monoisotopic (exact) mass is 567 g/mol. The van der Waals surface area contributed by atoms with Crippen LogP contribution >= 0.6 is 0 Å². The summed E-state index contributed by atoms with van der Waals surface area (Å²) in [5.41, 5.74) is 8.19. The van der Waals surface area contributed by atoms with Crippen LogP contribution in [-0.2, 0) is 4.74 Å². The van der Waals surface area contributed by atoms with Gasteiger partial charge in [-0.15, -0.1) is 0 Å². The van der Waals surface area contributed by atoms with Crippen molar-refractivity contribution in [1.82, 2.24) is 14.8 Å². The minimum absolute atomic E-state index is 0.320. The van der Waals surface area contributed by atoms with Crippen molar-refractivity contribution >= 4 is 40.5 Å². The number of anilines is 2. The third-order valence-corrected chi connectivity index (χ3v) is 7.64. The molecule has 2 aliphatic rings. The fourth-order valence-corrected chi connectivity index (χ4v) is 5.85. The number of aryl methyl sites for hydroxylation is 3. The van der Waals surface area contributed by atoms with Crippen LogP contribution in [0.3, 0.4) is 0 Å². The van der Waals surface area contributed by atoms with Gasteiger partial charge < -0.3 is 15.0 Å². The zero-order valence-corrected chi connectivity index (χ0v) is 24.2. The molecule has 3 aromatic carbocycles. The number of nitrogens with zero attached hydrogens (tertiary/aromatic N) is 6. The van der Waals surface area contributed by atoms with Gasteiger partial charge >= 0.3 is 5.97 Å². The minimum atomic E-state index is -0.382. The smallest absolute Gasteiger partial charge is 0.337 e. The molecule has 2 aliphatic heterocycles. The molecule has 9 nitrogen and oxygen atoms in total. The summed E-state index contributed by atoms with van der Waals surface area (Å²) in [6, 6.07) is 27.3. The summed E-state index contributed by atoms with van der Waals surface area (Å²) in [7, 11) is 1.38. The first-order valence-electron chi connectivity index (χ1n) is 14.0. The van der Waals surface area contributed by atoms with Gasteiger partial charge in [0.25, 0.3) is 0 Å². The number of hydrogen-bond acceptors (Lipinski definition) is 8. The SMILES string of the molecule is COC(=O)c1ccc([C@H]2c3c(C)nn(-c4ccccn4)c3N=C3C(Nc4cc(C)cc(C)c4)=Nc4ccccc4N32)cc1. The number of rotatable bonds is 4. The summed E-state index contributed by atoms with van der Waals surface area (Å²) < 4.78 is 6.75. The number of carbonyl (C=O) groups is 1. The maximum Gasteiger partial charge on any atom is 0.337 e. The third kappa shape index (κ3) is 4.55. The summed E-state index contributed by atoms with van der Waals surface area (Å²) in [6.45, 7) is 6.15. The van der Waals surface area contributed by atoms with Gasteiger partial charge in [0, 0.05) is 17.4 Å². The number of esters is 1. The fraction of sp³-hybridized carbons (Fsp3) is 0.147. The summed E-state index contributed by atoms with van der Waals surface area (Å²) >= 11 is 0. The van der Waals surface area contributed by atoms with Gasteiger partial charge in [-0.3, -0.25) is 0 Å². The first-order valence-corrected chi connectivity index (χ1v) is 14.0. The van der Waals surface area contributed by atoms with Gasteiger partial charge in [0.15, 0.2) is 23.3 Å².